The number of hydrogen-bond donors (Lipinski definition) is 0. The third-order valence-electron chi connectivity index (χ3n) is 3.96. The molecule has 120 valence electrons. The van der Waals surface area contributed by atoms with Crippen LogP contribution in [0.25, 0.3) is 10.2 Å². The highest BCUT2D eigenvalue weighted by molar-refractivity contribution is 7.16. The van der Waals surface area contributed by atoms with Crippen LogP contribution in [0, 0.1) is 33.1 Å². The topological polar surface area (TPSA) is 34.4 Å². The summed E-state index contributed by atoms with van der Waals surface area (Å²) in [7, 11) is 0. The zero-order valence-electron chi connectivity index (χ0n) is 14.0. The fourth-order valence-electron chi connectivity index (χ4n) is 2.83. The first kappa shape index (κ1) is 16.2. The smallest absolute Gasteiger partial charge is 0.279 e. The third-order valence-corrected chi connectivity index (χ3v) is 5.01. The predicted molar refractivity (Wildman–Crippen MR) is 99.2 cm³/mol. The maximum absolute atomic E-state index is 12.6. The third kappa shape index (κ3) is 2.91. The van der Waals surface area contributed by atoms with Crippen molar-refractivity contribution in [2.24, 2.45) is 4.99 Å². The van der Waals surface area contributed by atoms with E-state index in [9.17, 15) is 4.79 Å². The predicted octanol–water partition coefficient (Wildman–Crippen LogP) is 4.00. The SMILES string of the molecule is C#CCn1c(=NC(=O)c2ccc(C)cc2C)sc2cccc(C)c21. The van der Waals surface area contributed by atoms with Gasteiger partial charge < -0.3 is 4.57 Å². The minimum Gasteiger partial charge on any atom is -0.304 e. The van der Waals surface area contributed by atoms with Gasteiger partial charge in [0.25, 0.3) is 5.91 Å². The summed E-state index contributed by atoms with van der Waals surface area (Å²) in [5, 5.41) is 0. The van der Waals surface area contributed by atoms with Gasteiger partial charge in [0.05, 0.1) is 16.8 Å². The molecule has 0 aliphatic carbocycles. The summed E-state index contributed by atoms with van der Waals surface area (Å²) in [4.78, 5) is 17.6. The van der Waals surface area contributed by atoms with Crippen LogP contribution in [0.5, 0.6) is 0 Å². The first-order valence-corrected chi connectivity index (χ1v) is 8.51. The first-order valence-electron chi connectivity index (χ1n) is 7.70. The summed E-state index contributed by atoms with van der Waals surface area (Å²) in [5.74, 6) is 2.43. The number of nitrogens with zero attached hydrogens (tertiary/aromatic N) is 2. The van der Waals surface area contributed by atoms with Crippen molar-refractivity contribution in [3.05, 3.63) is 63.5 Å². The lowest BCUT2D eigenvalue weighted by Crippen LogP contribution is -2.17. The van der Waals surface area contributed by atoms with Gasteiger partial charge in [0.1, 0.15) is 0 Å². The summed E-state index contributed by atoms with van der Waals surface area (Å²) in [6.07, 6.45) is 5.52. The average molecular weight is 334 g/mol. The van der Waals surface area contributed by atoms with Gasteiger partial charge in [-0.2, -0.15) is 4.99 Å². The van der Waals surface area contributed by atoms with Crippen molar-refractivity contribution in [1.82, 2.24) is 4.57 Å². The van der Waals surface area contributed by atoms with E-state index in [1.165, 1.54) is 11.3 Å². The second-order valence-corrected chi connectivity index (χ2v) is 6.84. The van der Waals surface area contributed by atoms with Gasteiger partial charge in [0, 0.05) is 5.56 Å². The van der Waals surface area contributed by atoms with Gasteiger partial charge in [-0.05, 0) is 44.0 Å². The number of carbonyl (C=O) groups excluding carboxylic acids is 1. The van der Waals surface area contributed by atoms with Crippen molar-refractivity contribution >= 4 is 27.5 Å². The van der Waals surface area contributed by atoms with E-state index in [2.05, 4.69) is 10.9 Å². The molecule has 3 aromatic rings. The molecule has 0 aliphatic heterocycles. The highest BCUT2D eigenvalue weighted by Crippen LogP contribution is 2.21. The van der Waals surface area contributed by atoms with Crippen molar-refractivity contribution < 1.29 is 4.79 Å². The molecule has 3 nitrogen and oxygen atoms in total. The molecule has 0 fully saturated rings. The van der Waals surface area contributed by atoms with Crippen LogP contribution < -0.4 is 4.80 Å². The fourth-order valence-corrected chi connectivity index (χ4v) is 3.94. The van der Waals surface area contributed by atoms with E-state index in [4.69, 9.17) is 6.42 Å². The number of benzene rings is 2. The number of fused-ring (bicyclic) bond motifs is 1. The Labute approximate surface area is 145 Å². The number of aromatic nitrogens is 1. The van der Waals surface area contributed by atoms with Crippen LogP contribution in [0.1, 0.15) is 27.0 Å². The molecule has 1 amide bonds. The maximum atomic E-state index is 12.6. The molecular formula is C20H18N2OS. The van der Waals surface area contributed by atoms with Crippen molar-refractivity contribution in [3.63, 3.8) is 0 Å². The Morgan fingerprint density at radius 3 is 2.71 bits per heavy atom. The Bertz CT molecular complexity index is 1050. The lowest BCUT2D eigenvalue weighted by molar-refractivity contribution is 0.0997. The molecule has 0 aliphatic rings. The van der Waals surface area contributed by atoms with Crippen LogP contribution in [0.15, 0.2) is 41.4 Å². The summed E-state index contributed by atoms with van der Waals surface area (Å²) in [6.45, 7) is 6.37. The number of para-hydroxylation sites is 1. The Morgan fingerprint density at radius 1 is 1.21 bits per heavy atom. The van der Waals surface area contributed by atoms with E-state index < -0.39 is 0 Å². The molecule has 1 heterocycles. The number of rotatable bonds is 2. The van der Waals surface area contributed by atoms with Crippen molar-refractivity contribution in [2.75, 3.05) is 0 Å². The fraction of sp³-hybridized carbons (Fsp3) is 0.200. The molecule has 3 rings (SSSR count). The second-order valence-electron chi connectivity index (χ2n) is 5.83. The Balaban J connectivity index is 2.19. The van der Waals surface area contributed by atoms with Gasteiger partial charge in [-0.15, -0.1) is 6.42 Å². The second kappa shape index (κ2) is 6.46. The van der Waals surface area contributed by atoms with Gasteiger partial charge in [-0.25, -0.2) is 0 Å². The van der Waals surface area contributed by atoms with Crippen LogP contribution in [0.3, 0.4) is 0 Å². The Hall–Kier alpha value is -2.64. The van der Waals surface area contributed by atoms with Gasteiger partial charge in [0.15, 0.2) is 4.80 Å². The summed E-state index contributed by atoms with van der Waals surface area (Å²) >= 11 is 1.49. The van der Waals surface area contributed by atoms with E-state index in [0.717, 1.165) is 26.9 Å². The number of terminal acetylenes is 1. The molecule has 4 heteroatoms. The zero-order chi connectivity index (χ0) is 17.3. The lowest BCUT2D eigenvalue weighted by atomic mass is 10.1. The van der Waals surface area contributed by atoms with Crippen LogP contribution in [0.2, 0.25) is 0 Å². The van der Waals surface area contributed by atoms with Crippen LogP contribution in [0.4, 0.5) is 0 Å². The van der Waals surface area contributed by atoms with E-state index in [0.29, 0.717) is 16.9 Å². The van der Waals surface area contributed by atoms with Gasteiger partial charge in [-0.1, -0.05) is 47.1 Å². The maximum Gasteiger partial charge on any atom is 0.279 e. The normalized spacial score (nSPS) is 11.7. The minimum absolute atomic E-state index is 0.234. The van der Waals surface area contributed by atoms with Crippen molar-refractivity contribution in [1.29, 1.82) is 0 Å². The van der Waals surface area contributed by atoms with E-state index in [1.54, 1.807) is 0 Å². The van der Waals surface area contributed by atoms with Crippen LogP contribution in [-0.4, -0.2) is 10.5 Å². The number of carbonyl (C=O) groups is 1. The van der Waals surface area contributed by atoms with Crippen molar-refractivity contribution in [3.8, 4) is 12.3 Å². The van der Waals surface area contributed by atoms with Crippen molar-refractivity contribution in [2.45, 2.75) is 27.3 Å². The average Bonchev–Trinajstić information content (AvgIpc) is 2.86. The number of hydrogen-bond acceptors (Lipinski definition) is 2. The molecule has 0 saturated carbocycles. The molecule has 0 spiro atoms. The van der Waals surface area contributed by atoms with Gasteiger partial charge >= 0.3 is 0 Å². The monoisotopic (exact) mass is 334 g/mol. The lowest BCUT2D eigenvalue weighted by Gasteiger charge is -2.04. The molecular weight excluding hydrogens is 316 g/mol. The Kier molecular flexibility index (Phi) is 4.37. The molecule has 0 N–H and O–H groups in total. The molecule has 0 radical (unpaired) electrons. The quantitative estimate of drug-likeness (QED) is 0.652. The summed E-state index contributed by atoms with van der Waals surface area (Å²) in [5.41, 5.74) is 4.86. The zero-order valence-corrected chi connectivity index (χ0v) is 14.8. The number of thiazole rings is 1. The largest absolute Gasteiger partial charge is 0.304 e. The molecule has 24 heavy (non-hydrogen) atoms. The highest BCUT2D eigenvalue weighted by atomic mass is 32.1. The molecule has 2 aromatic carbocycles. The molecule has 0 saturated heterocycles. The molecule has 1 aromatic heterocycles. The number of amides is 1. The summed E-state index contributed by atoms with van der Waals surface area (Å²) < 4.78 is 3.02. The van der Waals surface area contributed by atoms with E-state index in [-0.39, 0.29) is 5.91 Å². The van der Waals surface area contributed by atoms with Gasteiger partial charge in [0.2, 0.25) is 0 Å². The first-order chi connectivity index (χ1) is 11.5. The van der Waals surface area contributed by atoms with Crippen LogP contribution >= 0.6 is 11.3 Å². The van der Waals surface area contributed by atoms with E-state index in [1.807, 2.05) is 61.7 Å². The van der Waals surface area contributed by atoms with E-state index >= 15 is 0 Å². The van der Waals surface area contributed by atoms with Gasteiger partial charge in [-0.3, -0.25) is 4.79 Å². The minimum atomic E-state index is -0.234. The summed E-state index contributed by atoms with van der Waals surface area (Å²) in [6, 6.07) is 11.8. The van der Waals surface area contributed by atoms with Crippen LogP contribution in [-0.2, 0) is 6.54 Å². The molecule has 0 atom stereocenters. The number of aryl methyl sites for hydroxylation is 3. The molecule has 0 bridgehead atoms. The standard InChI is InChI=1S/C20H18N2OS/c1-5-11-22-18-14(3)7-6-8-17(18)24-20(22)21-19(23)16-10-9-13(2)12-15(16)4/h1,6-10,12H,11H2,2-4H3. The Morgan fingerprint density at radius 2 is 2.00 bits per heavy atom. The highest BCUT2D eigenvalue weighted by Gasteiger charge is 2.11. The molecule has 0 unspecified atom stereocenters.